The first-order chi connectivity index (χ1) is 23.9. The molecule has 4 aromatic carbocycles. The second kappa shape index (κ2) is 20.4. The third-order valence-electron chi connectivity index (χ3n) is 9.20. The number of rotatable bonds is 24. The second-order valence-electron chi connectivity index (χ2n) is 13.2. The Hall–Kier alpha value is -3.35. The SMILES string of the molecule is CCCCCCOc1cc2c(cc1OCCCCCC)c1cc(F)c(F)c(F)c1c1cc(OCCCCCC)c(OCCCCCC)cc21. The van der Waals surface area contributed by atoms with E-state index in [9.17, 15) is 8.78 Å². The lowest BCUT2D eigenvalue weighted by Crippen LogP contribution is -2.04. The Labute approximate surface area is 291 Å². The van der Waals surface area contributed by atoms with Gasteiger partial charge in [-0.1, -0.05) is 105 Å². The largest absolute Gasteiger partial charge is 0.490 e. The Morgan fingerprint density at radius 2 is 0.673 bits per heavy atom. The zero-order valence-corrected chi connectivity index (χ0v) is 30.3. The summed E-state index contributed by atoms with van der Waals surface area (Å²) in [6, 6.07) is 8.42. The standard InChI is InChI=1S/C42H57F3O4/c1-5-9-13-17-21-46-36-26-30-31(27-37(36)47-22-18-14-10-6-2)33-25-35(43)41(44)42(45)40(33)34-29-39(49-24-20-16-12-8-4)38(28-32(30)34)48-23-19-15-11-7-3/h25-29H,5-24H2,1-4H3. The van der Waals surface area contributed by atoms with Crippen molar-refractivity contribution < 1.29 is 32.1 Å². The molecule has 0 saturated heterocycles. The van der Waals surface area contributed by atoms with E-state index in [0.29, 0.717) is 65.6 Å². The molecular formula is C42H57F3O4. The van der Waals surface area contributed by atoms with Gasteiger partial charge in [0.05, 0.1) is 26.4 Å². The van der Waals surface area contributed by atoms with Gasteiger partial charge in [0.25, 0.3) is 0 Å². The molecule has 0 aliphatic rings. The first-order valence-corrected chi connectivity index (χ1v) is 19.0. The van der Waals surface area contributed by atoms with E-state index in [4.69, 9.17) is 18.9 Å². The molecule has 0 spiro atoms. The van der Waals surface area contributed by atoms with Gasteiger partial charge in [0.2, 0.25) is 0 Å². The molecule has 0 unspecified atom stereocenters. The summed E-state index contributed by atoms with van der Waals surface area (Å²) < 4.78 is 71.0. The summed E-state index contributed by atoms with van der Waals surface area (Å²) in [7, 11) is 0. The van der Waals surface area contributed by atoms with E-state index in [1.54, 1.807) is 12.1 Å². The lowest BCUT2D eigenvalue weighted by Gasteiger charge is -2.19. The Bertz CT molecular complexity index is 1620. The van der Waals surface area contributed by atoms with Gasteiger partial charge in [-0.05, 0) is 82.9 Å². The fraction of sp³-hybridized carbons (Fsp3) is 0.571. The molecule has 0 aliphatic heterocycles. The summed E-state index contributed by atoms with van der Waals surface area (Å²) in [5, 5.41) is 2.65. The maximum atomic E-state index is 15.9. The molecule has 0 atom stereocenters. The second-order valence-corrected chi connectivity index (χ2v) is 13.2. The van der Waals surface area contributed by atoms with Crippen LogP contribution in [0.4, 0.5) is 13.2 Å². The molecule has 4 rings (SSSR count). The normalized spacial score (nSPS) is 11.6. The predicted molar refractivity (Wildman–Crippen MR) is 197 cm³/mol. The monoisotopic (exact) mass is 682 g/mol. The van der Waals surface area contributed by atoms with Crippen LogP contribution < -0.4 is 18.9 Å². The minimum atomic E-state index is -1.49. The van der Waals surface area contributed by atoms with E-state index in [1.165, 1.54) is 0 Å². The zero-order chi connectivity index (χ0) is 35.0. The van der Waals surface area contributed by atoms with Crippen molar-refractivity contribution in [3.05, 3.63) is 47.8 Å². The zero-order valence-electron chi connectivity index (χ0n) is 30.3. The molecular weight excluding hydrogens is 625 g/mol. The average molecular weight is 683 g/mol. The van der Waals surface area contributed by atoms with E-state index < -0.39 is 17.5 Å². The summed E-state index contributed by atoms with van der Waals surface area (Å²) in [6.07, 6.45) is 16.7. The molecule has 49 heavy (non-hydrogen) atoms. The minimum absolute atomic E-state index is 0.00820. The highest BCUT2D eigenvalue weighted by Crippen LogP contribution is 2.46. The van der Waals surface area contributed by atoms with Crippen LogP contribution in [-0.2, 0) is 0 Å². The quantitative estimate of drug-likeness (QED) is 0.0419. The van der Waals surface area contributed by atoms with Gasteiger partial charge in [0.1, 0.15) is 0 Å². The van der Waals surface area contributed by atoms with Crippen LogP contribution >= 0.6 is 0 Å². The number of fused-ring (bicyclic) bond motifs is 6. The van der Waals surface area contributed by atoms with Gasteiger partial charge >= 0.3 is 0 Å². The third-order valence-corrected chi connectivity index (χ3v) is 9.20. The van der Waals surface area contributed by atoms with Gasteiger partial charge in [-0.3, -0.25) is 0 Å². The molecule has 270 valence electrons. The van der Waals surface area contributed by atoms with Crippen LogP contribution in [0, 0.1) is 17.5 Å². The van der Waals surface area contributed by atoms with Gasteiger partial charge in [-0.15, -0.1) is 0 Å². The van der Waals surface area contributed by atoms with E-state index >= 15 is 4.39 Å². The predicted octanol–water partition coefficient (Wildman–Crippen LogP) is 13.4. The molecule has 7 heteroatoms. The fourth-order valence-corrected chi connectivity index (χ4v) is 6.36. The summed E-state index contributed by atoms with van der Waals surface area (Å²) >= 11 is 0. The third kappa shape index (κ3) is 10.3. The lowest BCUT2D eigenvalue weighted by molar-refractivity contribution is 0.259. The Balaban J connectivity index is 1.90. The highest BCUT2D eigenvalue weighted by molar-refractivity contribution is 6.26. The molecule has 0 heterocycles. The van der Waals surface area contributed by atoms with Crippen LogP contribution in [0.15, 0.2) is 30.3 Å². The van der Waals surface area contributed by atoms with Crippen LogP contribution in [0.1, 0.15) is 130 Å². The number of halogens is 3. The molecule has 0 aromatic heterocycles. The average Bonchev–Trinajstić information content (AvgIpc) is 3.10. The minimum Gasteiger partial charge on any atom is -0.490 e. The molecule has 0 radical (unpaired) electrons. The summed E-state index contributed by atoms with van der Waals surface area (Å²) in [5.74, 6) is -1.81. The van der Waals surface area contributed by atoms with Crippen molar-refractivity contribution in [2.45, 2.75) is 130 Å². The maximum absolute atomic E-state index is 15.9. The number of hydrogen-bond donors (Lipinski definition) is 0. The molecule has 0 aliphatic carbocycles. The molecule has 4 aromatic rings. The number of benzene rings is 4. The van der Waals surface area contributed by atoms with Crippen molar-refractivity contribution in [3.63, 3.8) is 0 Å². The first kappa shape index (κ1) is 38.5. The van der Waals surface area contributed by atoms with Crippen LogP contribution in [-0.4, -0.2) is 26.4 Å². The van der Waals surface area contributed by atoms with Gasteiger partial charge in [-0.25, -0.2) is 13.2 Å². The Morgan fingerprint density at radius 1 is 0.367 bits per heavy atom. The van der Waals surface area contributed by atoms with Gasteiger partial charge < -0.3 is 18.9 Å². The van der Waals surface area contributed by atoms with Crippen molar-refractivity contribution in [1.29, 1.82) is 0 Å². The van der Waals surface area contributed by atoms with Crippen LogP contribution in [0.5, 0.6) is 23.0 Å². The molecule has 0 fully saturated rings. The molecule has 4 nitrogen and oxygen atoms in total. The van der Waals surface area contributed by atoms with Crippen molar-refractivity contribution in [2.75, 3.05) is 26.4 Å². The Kier molecular flexibility index (Phi) is 16.0. The van der Waals surface area contributed by atoms with Gasteiger partial charge in [0, 0.05) is 5.39 Å². The van der Waals surface area contributed by atoms with Gasteiger partial charge in [0.15, 0.2) is 40.4 Å². The molecule has 0 bridgehead atoms. The maximum Gasteiger partial charge on any atom is 0.195 e. The van der Waals surface area contributed by atoms with E-state index in [0.717, 1.165) is 114 Å². The first-order valence-electron chi connectivity index (χ1n) is 19.0. The van der Waals surface area contributed by atoms with Crippen LogP contribution in [0.2, 0.25) is 0 Å². The highest BCUT2D eigenvalue weighted by Gasteiger charge is 2.23. The van der Waals surface area contributed by atoms with Crippen molar-refractivity contribution >= 4 is 32.3 Å². The van der Waals surface area contributed by atoms with Gasteiger partial charge in [-0.2, -0.15) is 0 Å². The summed E-state index contributed by atoms with van der Waals surface area (Å²) in [5.41, 5.74) is 0. The number of hydrogen-bond acceptors (Lipinski definition) is 4. The Morgan fingerprint density at radius 3 is 1.02 bits per heavy atom. The van der Waals surface area contributed by atoms with E-state index in [-0.39, 0.29) is 10.8 Å². The van der Waals surface area contributed by atoms with E-state index in [1.807, 2.05) is 12.1 Å². The van der Waals surface area contributed by atoms with Crippen LogP contribution in [0.25, 0.3) is 32.3 Å². The number of ether oxygens (including phenoxy) is 4. The van der Waals surface area contributed by atoms with Crippen LogP contribution in [0.3, 0.4) is 0 Å². The van der Waals surface area contributed by atoms with Crippen molar-refractivity contribution in [1.82, 2.24) is 0 Å². The number of unbranched alkanes of at least 4 members (excludes halogenated alkanes) is 12. The van der Waals surface area contributed by atoms with Crippen molar-refractivity contribution in [2.24, 2.45) is 0 Å². The lowest BCUT2D eigenvalue weighted by atomic mass is 9.93. The molecule has 0 N–H and O–H groups in total. The van der Waals surface area contributed by atoms with Crippen molar-refractivity contribution in [3.8, 4) is 23.0 Å². The summed E-state index contributed by atoms with van der Waals surface area (Å²) in [6.45, 7) is 10.7. The fourth-order valence-electron chi connectivity index (χ4n) is 6.36. The highest BCUT2D eigenvalue weighted by atomic mass is 19.2. The van der Waals surface area contributed by atoms with E-state index in [2.05, 4.69) is 27.7 Å². The topological polar surface area (TPSA) is 36.9 Å². The summed E-state index contributed by atoms with van der Waals surface area (Å²) in [4.78, 5) is 0. The molecule has 0 saturated carbocycles. The smallest absolute Gasteiger partial charge is 0.195 e. The molecule has 0 amide bonds.